The molecule has 0 spiro atoms. The molecule has 2 aromatic rings. The topological polar surface area (TPSA) is 43.8 Å². The standard InChI is InChI=1S/C15H21N3S/c1-10-5-6-13(7-11(10)2)14(16)9-19-15-8-12(3)17-18(15)4/h5-8,14H,9,16H2,1-4H3. The lowest BCUT2D eigenvalue weighted by Gasteiger charge is -2.13. The third-order valence-corrected chi connectivity index (χ3v) is 4.53. The second-order valence-electron chi connectivity index (χ2n) is 5.01. The van der Waals surface area contributed by atoms with Crippen molar-refractivity contribution < 1.29 is 0 Å². The van der Waals surface area contributed by atoms with Gasteiger partial charge in [0.15, 0.2) is 0 Å². The summed E-state index contributed by atoms with van der Waals surface area (Å²) in [4.78, 5) is 0. The average molecular weight is 275 g/mol. The van der Waals surface area contributed by atoms with E-state index in [9.17, 15) is 0 Å². The van der Waals surface area contributed by atoms with Crippen LogP contribution in [0, 0.1) is 20.8 Å². The van der Waals surface area contributed by atoms with E-state index < -0.39 is 0 Å². The van der Waals surface area contributed by atoms with Crippen LogP contribution in [0.3, 0.4) is 0 Å². The average Bonchev–Trinajstić information content (AvgIpc) is 2.68. The Balaban J connectivity index is 2.03. The van der Waals surface area contributed by atoms with Gasteiger partial charge in [0.1, 0.15) is 0 Å². The predicted molar refractivity (Wildman–Crippen MR) is 81.5 cm³/mol. The van der Waals surface area contributed by atoms with Gasteiger partial charge in [-0.25, -0.2) is 0 Å². The molecule has 1 aromatic carbocycles. The van der Waals surface area contributed by atoms with E-state index in [-0.39, 0.29) is 6.04 Å². The molecule has 1 heterocycles. The number of nitrogens with two attached hydrogens (primary N) is 1. The van der Waals surface area contributed by atoms with E-state index >= 15 is 0 Å². The van der Waals surface area contributed by atoms with Crippen molar-refractivity contribution >= 4 is 11.8 Å². The number of aromatic nitrogens is 2. The summed E-state index contributed by atoms with van der Waals surface area (Å²) < 4.78 is 1.91. The molecular formula is C15H21N3S. The molecule has 0 amide bonds. The van der Waals surface area contributed by atoms with E-state index in [2.05, 4.69) is 43.2 Å². The van der Waals surface area contributed by atoms with Gasteiger partial charge >= 0.3 is 0 Å². The van der Waals surface area contributed by atoms with Crippen LogP contribution in [0.25, 0.3) is 0 Å². The third kappa shape index (κ3) is 3.39. The maximum atomic E-state index is 6.27. The van der Waals surface area contributed by atoms with Crippen molar-refractivity contribution in [2.24, 2.45) is 12.8 Å². The van der Waals surface area contributed by atoms with E-state index in [1.54, 1.807) is 11.8 Å². The van der Waals surface area contributed by atoms with Crippen LogP contribution in [-0.2, 0) is 7.05 Å². The summed E-state index contributed by atoms with van der Waals surface area (Å²) in [5.41, 5.74) is 11.1. The van der Waals surface area contributed by atoms with Crippen molar-refractivity contribution in [3.8, 4) is 0 Å². The van der Waals surface area contributed by atoms with Crippen LogP contribution in [-0.4, -0.2) is 15.5 Å². The number of aryl methyl sites for hydroxylation is 4. The lowest BCUT2D eigenvalue weighted by molar-refractivity contribution is 0.691. The minimum absolute atomic E-state index is 0.0551. The molecule has 0 saturated heterocycles. The Labute approximate surface area is 119 Å². The van der Waals surface area contributed by atoms with Crippen LogP contribution in [0.5, 0.6) is 0 Å². The molecule has 1 unspecified atom stereocenters. The predicted octanol–water partition coefficient (Wildman–Crippen LogP) is 3.14. The Morgan fingerprint density at radius 2 is 1.95 bits per heavy atom. The zero-order valence-corrected chi connectivity index (χ0v) is 12.8. The van der Waals surface area contributed by atoms with Gasteiger partial charge in [-0.3, -0.25) is 4.68 Å². The molecule has 0 radical (unpaired) electrons. The van der Waals surface area contributed by atoms with Crippen LogP contribution in [0.4, 0.5) is 0 Å². The van der Waals surface area contributed by atoms with Gasteiger partial charge in [-0.15, -0.1) is 11.8 Å². The van der Waals surface area contributed by atoms with Crippen molar-refractivity contribution in [1.82, 2.24) is 9.78 Å². The van der Waals surface area contributed by atoms with Crippen molar-refractivity contribution in [3.63, 3.8) is 0 Å². The first kappa shape index (κ1) is 14.2. The number of thioether (sulfide) groups is 1. The summed E-state index contributed by atoms with van der Waals surface area (Å²) in [6.45, 7) is 6.26. The minimum Gasteiger partial charge on any atom is -0.323 e. The molecule has 0 aliphatic rings. The van der Waals surface area contributed by atoms with Gasteiger partial charge in [0.2, 0.25) is 0 Å². The highest BCUT2D eigenvalue weighted by Crippen LogP contribution is 2.24. The molecule has 0 bridgehead atoms. The van der Waals surface area contributed by atoms with Gasteiger partial charge in [-0.2, -0.15) is 5.10 Å². The Hall–Kier alpha value is -1.26. The summed E-state index contributed by atoms with van der Waals surface area (Å²) in [7, 11) is 1.97. The fourth-order valence-electron chi connectivity index (χ4n) is 1.99. The summed E-state index contributed by atoms with van der Waals surface area (Å²) in [6.07, 6.45) is 0. The molecule has 0 saturated carbocycles. The maximum absolute atomic E-state index is 6.27. The van der Waals surface area contributed by atoms with Crippen molar-refractivity contribution in [2.75, 3.05) is 5.75 Å². The lowest BCUT2D eigenvalue weighted by Crippen LogP contribution is -2.13. The quantitative estimate of drug-likeness (QED) is 0.872. The lowest BCUT2D eigenvalue weighted by atomic mass is 10.0. The number of hydrogen-bond donors (Lipinski definition) is 1. The minimum atomic E-state index is 0.0551. The Kier molecular flexibility index (Phi) is 4.32. The second-order valence-corrected chi connectivity index (χ2v) is 6.05. The molecule has 0 aliphatic carbocycles. The number of nitrogens with zero attached hydrogens (tertiary/aromatic N) is 2. The molecule has 102 valence electrons. The van der Waals surface area contributed by atoms with Crippen molar-refractivity contribution in [2.45, 2.75) is 31.8 Å². The smallest absolute Gasteiger partial charge is 0.0939 e. The van der Waals surface area contributed by atoms with Gasteiger partial charge in [0.25, 0.3) is 0 Å². The highest BCUT2D eigenvalue weighted by atomic mass is 32.2. The number of benzene rings is 1. The first-order valence-electron chi connectivity index (χ1n) is 6.43. The van der Waals surface area contributed by atoms with Crippen LogP contribution >= 0.6 is 11.8 Å². The summed E-state index contributed by atoms with van der Waals surface area (Å²) in [5.74, 6) is 0.863. The van der Waals surface area contributed by atoms with Crippen LogP contribution < -0.4 is 5.73 Å². The maximum Gasteiger partial charge on any atom is 0.0939 e. The number of rotatable bonds is 4. The Morgan fingerprint density at radius 3 is 2.53 bits per heavy atom. The largest absolute Gasteiger partial charge is 0.323 e. The van der Waals surface area contributed by atoms with Crippen LogP contribution in [0.1, 0.15) is 28.4 Å². The van der Waals surface area contributed by atoms with Crippen molar-refractivity contribution in [1.29, 1.82) is 0 Å². The van der Waals surface area contributed by atoms with Crippen molar-refractivity contribution in [3.05, 3.63) is 46.6 Å². The summed E-state index contributed by atoms with van der Waals surface area (Å²) >= 11 is 1.76. The van der Waals surface area contributed by atoms with Gasteiger partial charge in [0.05, 0.1) is 10.7 Å². The first-order valence-corrected chi connectivity index (χ1v) is 7.42. The molecule has 2 rings (SSSR count). The fourth-order valence-corrected chi connectivity index (χ4v) is 3.01. The van der Waals surface area contributed by atoms with Gasteiger partial charge in [-0.05, 0) is 43.5 Å². The van der Waals surface area contributed by atoms with E-state index in [1.165, 1.54) is 16.7 Å². The Bertz CT molecular complexity index is 575. The highest BCUT2D eigenvalue weighted by Gasteiger charge is 2.10. The SMILES string of the molecule is Cc1cc(SCC(N)c2ccc(C)c(C)c2)n(C)n1. The van der Waals surface area contributed by atoms with E-state index in [0.29, 0.717) is 0 Å². The molecule has 3 nitrogen and oxygen atoms in total. The van der Waals surface area contributed by atoms with E-state index in [4.69, 9.17) is 5.73 Å². The summed E-state index contributed by atoms with van der Waals surface area (Å²) in [6, 6.07) is 8.61. The normalized spacial score (nSPS) is 12.7. The van der Waals surface area contributed by atoms with Gasteiger partial charge in [0, 0.05) is 18.8 Å². The molecule has 4 heteroatoms. The zero-order valence-electron chi connectivity index (χ0n) is 12.0. The molecule has 0 aliphatic heterocycles. The molecule has 0 fully saturated rings. The molecular weight excluding hydrogens is 254 g/mol. The molecule has 2 N–H and O–H groups in total. The van der Waals surface area contributed by atoms with E-state index in [0.717, 1.165) is 16.5 Å². The van der Waals surface area contributed by atoms with Crippen LogP contribution in [0.2, 0.25) is 0 Å². The van der Waals surface area contributed by atoms with Gasteiger partial charge in [-0.1, -0.05) is 18.2 Å². The Morgan fingerprint density at radius 1 is 1.21 bits per heavy atom. The van der Waals surface area contributed by atoms with Gasteiger partial charge < -0.3 is 5.73 Å². The first-order chi connectivity index (χ1) is 8.97. The van der Waals surface area contributed by atoms with E-state index in [1.807, 2.05) is 18.7 Å². The molecule has 1 atom stereocenters. The molecule has 19 heavy (non-hydrogen) atoms. The second kappa shape index (κ2) is 5.80. The molecule has 1 aromatic heterocycles. The summed E-state index contributed by atoms with van der Waals surface area (Å²) in [5, 5.41) is 5.51. The highest BCUT2D eigenvalue weighted by molar-refractivity contribution is 7.99. The third-order valence-electron chi connectivity index (χ3n) is 3.33. The number of hydrogen-bond acceptors (Lipinski definition) is 3. The fraction of sp³-hybridized carbons (Fsp3) is 0.400. The monoisotopic (exact) mass is 275 g/mol. The zero-order chi connectivity index (χ0) is 14.0. The van der Waals surface area contributed by atoms with Crippen LogP contribution in [0.15, 0.2) is 29.3 Å².